The van der Waals surface area contributed by atoms with Gasteiger partial charge >= 0.3 is 11.8 Å². The summed E-state index contributed by atoms with van der Waals surface area (Å²) in [4.78, 5) is 21.8. The molecule has 0 aromatic carbocycles. The molecule has 1 aliphatic heterocycles. The van der Waals surface area contributed by atoms with Crippen LogP contribution in [0.2, 0.25) is 0 Å². The van der Waals surface area contributed by atoms with Crippen molar-refractivity contribution in [2.75, 3.05) is 13.2 Å². The van der Waals surface area contributed by atoms with Crippen molar-refractivity contribution in [3.8, 4) is 0 Å². The molecule has 0 aromatic rings. The molecule has 0 aromatic heterocycles. The maximum Gasteiger partial charge on any atom is 0.411 e. The number of nitro groups is 1. The highest BCUT2D eigenvalue weighted by atomic mass is 16.6. The highest BCUT2D eigenvalue weighted by Crippen LogP contribution is 2.17. The van der Waals surface area contributed by atoms with Gasteiger partial charge in [0.15, 0.2) is 12.0 Å². The lowest BCUT2D eigenvalue weighted by molar-refractivity contribution is -0.423. The van der Waals surface area contributed by atoms with Gasteiger partial charge in [0.05, 0.1) is 11.5 Å². The van der Waals surface area contributed by atoms with E-state index in [4.69, 9.17) is 15.2 Å². The van der Waals surface area contributed by atoms with E-state index in [1.54, 1.807) is 6.92 Å². The molecule has 0 aliphatic carbocycles. The van der Waals surface area contributed by atoms with Crippen molar-refractivity contribution in [3.63, 3.8) is 0 Å². The van der Waals surface area contributed by atoms with Gasteiger partial charge in [0.1, 0.15) is 5.70 Å². The summed E-state index contributed by atoms with van der Waals surface area (Å²) in [5.74, 6) is -0.171. The summed E-state index contributed by atoms with van der Waals surface area (Å²) in [6.07, 6.45) is 1.76. The van der Waals surface area contributed by atoms with E-state index in [2.05, 4.69) is 10.6 Å². The molecule has 9 nitrogen and oxygen atoms in total. The van der Waals surface area contributed by atoms with Crippen molar-refractivity contribution < 1.29 is 19.2 Å². The van der Waals surface area contributed by atoms with E-state index < -0.39 is 22.9 Å². The number of nitrogens with one attached hydrogen (secondary N) is 2. The average molecular weight is 300 g/mol. The molecular weight excluding hydrogens is 280 g/mol. The van der Waals surface area contributed by atoms with Gasteiger partial charge in [-0.3, -0.25) is 15.4 Å². The molecule has 0 saturated carbocycles. The van der Waals surface area contributed by atoms with Gasteiger partial charge in [-0.2, -0.15) is 0 Å². The molecule has 1 unspecified atom stereocenters. The second-order valence-electron chi connectivity index (χ2n) is 4.23. The number of ether oxygens (including phenoxy) is 2. The Hall–Kier alpha value is -2.29. The first-order valence-corrected chi connectivity index (χ1v) is 6.67. The summed E-state index contributed by atoms with van der Waals surface area (Å²) in [5.41, 5.74) is 5.17. The average Bonchev–Trinajstić information content (AvgIpc) is 2.38. The molecule has 0 spiro atoms. The van der Waals surface area contributed by atoms with Crippen LogP contribution in [0, 0.1) is 10.1 Å². The molecule has 1 aliphatic rings. The Labute approximate surface area is 122 Å². The maximum absolute atomic E-state index is 11.4. The van der Waals surface area contributed by atoms with Gasteiger partial charge in [0.25, 0.3) is 0 Å². The quantitative estimate of drug-likeness (QED) is 0.359. The molecule has 118 valence electrons. The fourth-order valence-electron chi connectivity index (χ4n) is 1.66. The zero-order valence-electron chi connectivity index (χ0n) is 12.0. The first-order valence-electron chi connectivity index (χ1n) is 6.67. The number of hydrogen-bond acceptors (Lipinski definition) is 7. The molecule has 0 fully saturated rings. The van der Waals surface area contributed by atoms with Gasteiger partial charge in [-0.25, -0.2) is 4.79 Å². The Balaban J connectivity index is 2.86. The Morgan fingerprint density at radius 1 is 1.57 bits per heavy atom. The molecule has 1 atom stereocenters. The lowest BCUT2D eigenvalue weighted by atomic mass is 10.2. The number of alkyl carbamates (subject to hydrolysis) is 1. The van der Waals surface area contributed by atoms with Crippen LogP contribution in [-0.4, -0.2) is 30.5 Å². The number of carbonyl (C=O) groups excluding carboxylic acids is 1. The number of nitrogens with zero attached hydrogens (tertiary/aromatic N) is 1. The summed E-state index contributed by atoms with van der Waals surface area (Å²) in [5, 5.41) is 16.0. The van der Waals surface area contributed by atoms with E-state index in [9.17, 15) is 14.9 Å². The van der Waals surface area contributed by atoms with Gasteiger partial charge < -0.3 is 20.5 Å². The number of hydrogen-bond donors (Lipinski definition) is 3. The van der Waals surface area contributed by atoms with Crippen LogP contribution in [-0.2, 0) is 9.47 Å². The Morgan fingerprint density at radius 3 is 2.86 bits per heavy atom. The van der Waals surface area contributed by atoms with Crippen molar-refractivity contribution in [2.24, 2.45) is 5.73 Å². The molecule has 4 N–H and O–H groups in total. The van der Waals surface area contributed by atoms with Crippen LogP contribution in [0.5, 0.6) is 0 Å². The summed E-state index contributed by atoms with van der Waals surface area (Å²) < 4.78 is 10.2. The molecule has 21 heavy (non-hydrogen) atoms. The molecule has 0 radical (unpaired) electrons. The van der Waals surface area contributed by atoms with Crippen LogP contribution in [0.1, 0.15) is 26.7 Å². The Bertz CT molecular complexity index is 461. The maximum atomic E-state index is 11.4. The predicted octanol–water partition coefficient (Wildman–Crippen LogP) is 0.767. The van der Waals surface area contributed by atoms with Crippen LogP contribution in [0.3, 0.4) is 0 Å². The molecule has 1 heterocycles. The van der Waals surface area contributed by atoms with Crippen LogP contribution >= 0.6 is 0 Å². The third-order valence-electron chi connectivity index (χ3n) is 2.62. The van der Waals surface area contributed by atoms with Gasteiger partial charge in [-0.1, -0.05) is 13.3 Å². The fourth-order valence-corrected chi connectivity index (χ4v) is 1.66. The van der Waals surface area contributed by atoms with E-state index in [1.165, 1.54) is 6.08 Å². The predicted molar refractivity (Wildman–Crippen MR) is 74.2 cm³/mol. The minimum Gasteiger partial charge on any atom is -0.450 e. The highest BCUT2D eigenvalue weighted by Gasteiger charge is 2.30. The largest absolute Gasteiger partial charge is 0.450 e. The summed E-state index contributed by atoms with van der Waals surface area (Å²) in [6, 6.07) is 0. The van der Waals surface area contributed by atoms with E-state index >= 15 is 0 Å². The number of rotatable bonds is 7. The number of carbonyl (C=O) groups is 1. The zero-order valence-corrected chi connectivity index (χ0v) is 12.0. The lowest BCUT2D eigenvalue weighted by Crippen LogP contribution is -2.42. The molecule has 0 bridgehead atoms. The minimum atomic E-state index is -0.787. The number of amides is 1. The molecule has 1 rings (SSSR count). The zero-order chi connectivity index (χ0) is 15.8. The summed E-state index contributed by atoms with van der Waals surface area (Å²) >= 11 is 0. The SMILES string of the molecule is CCCCOC1C=C(NC(=O)OCC)C([N+](=O)[O-])=C(N)N1. The molecular formula is C12H20N4O5. The normalized spacial score (nSPS) is 17.8. The first kappa shape index (κ1) is 16.8. The standard InChI is InChI=1S/C12H20N4O5/c1-3-5-6-21-9-7-8(14-12(17)20-4-2)10(16(18)19)11(13)15-9/h7,9,15H,3-6,13H2,1-2H3,(H,14,17). The fraction of sp³-hybridized carbons (Fsp3) is 0.583. The van der Waals surface area contributed by atoms with Gasteiger partial charge in [0.2, 0.25) is 0 Å². The van der Waals surface area contributed by atoms with Crippen LogP contribution in [0.15, 0.2) is 23.3 Å². The number of unbranched alkanes of at least 4 members (excludes halogenated alkanes) is 1. The highest BCUT2D eigenvalue weighted by molar-refractivity contribution is 5.70. The molecule has 9 heteroatoms. The molecule has 0 saturated heterocycles. The monoisotopic (exact) mass is 300 g/mol. The van der Waals surface area contributed by atoms with Crippen molar-refractivity contribution in [3.05, 3.63) is 33.4 Å². The second kappa shape index (κ2) is 8.10. The van der Waals surface area contributed by atoms with Gasteiger partial charge in [-0.15, -0.1) is 0 Å². The van der Waals surface area contributed by atoms with E-state index in [1.807, 2.05) is 6.92 Å². The third kappa shape index (κ3) is 4.95. The van der Waals surface area contributed by atoms with Crippen LogP contribution in [0.25, 0.3) is 0 Å². The Kier molecular flexibility index (Phi) is 6.47. The third-order valence-corrected chi connectivity index (χ3v) is 2.62. The summed E-state index contributed by atoms with van der Waals surface area (Å²) in [6.45, 7) is 4.27. The van der Waals surface area contributed by atoms with Crippen molar-refractivity contribution in [2.45, 2.75) is 32.9 Å². The van der Waals surface area contributed by atoms with Crippen molar-refractivity contribution in [1.82, 2.24) is 10.6 Å². The number of dihydropyridines is 1. The van der Waals surface area contributed by atoms with E-state index in [0.717, 1.165) is 12.8 Å². The first-order chi connectivity index (χ1) is 9.99. The van der Waals surface area contributed by atoms with Crippen molar-refractivity contribution >= 4 is 6.09 Å². The Morgan fingerprint density at radius 2 is 2.29 bits per heavy atom. The lowest BCUT2D eigenvalue weighted by Gasteiger charge is -2.23. The van der Waals surface area contributed by atoms with Crippen molar-refractivity contribution in [1.29, 1.82) is 0 Å². The van der Waals surface area contributed by atoms with Crippen LogP contribution in [0.4, 0.5) is 4.79 Å². The van der Waals surface area contributed by atoms with Crippen LogP contribution < -0.4 is 16.4 Å². The number of nitrogens with two attached hydrogens (primary N) is 1. The van der Waals surface area contributed by atoms with E-state index in [-0.39, 0.29) is 18.1 Å². The second-order valence-corrected chi connectivity index (χ2v) is 4.23. The summed E-state index contributed by atoms with van der Waals surface area (Å²) in [7, 11) is 0. The van der Waals surface area contributed by atoms with Gasteiger partial charge in [0, 0.05) is 6.61 Å². The topological polar surface area (TPSA) is 129 Å². The van der Waals surface area contributed by atoms with Gasteiger partial charge in [-0.05, 0) is 19.4 Å². The van der Waals surface area contributed by atoms with E-state index in [0.29, 0.717) is 6.61 Å². The molecule has 1 amide bonds. The minimum absolute atomic E-state index is 0.0452. The smallest absolute Gasteiger partial charge is 0.411 e.